The van der Waals surface area contributed by atoms with E-state index in [1.807, 2.05) is 29.0 Å². The van der Waals surface area contributed by atoms with Crippen LogP contribution in [0.1, 0.15) is 24.8 Å². The third-order valence-electron chi connectivity index (χ3n) is 4.87. The summed E-state index contributed by atoms with van der Waals surface area (Å²) >= 11 is 0. The van der Waals surface area contributed by atoms with Gasteiger partial charge in [0.2, 0.25) is 0 Å². The van der Waals surface area contributed by atoms with Gasteiger partial charge in [-0.15, -0.1) is 0 Å². The second-order valence-electron chi connectivity index (χ2n) is 6.79. The van der Waals surface area contributed by atoms with Crippen LogP contribution in [0.15, 0.2) is 59.8 Å². The van der Waals surface area contributed by atoms with E-state index in [1.54, 1.807) is 12.1 Å². The minimum Gasteiger partial charge on any atom is -0.301 e. The molecule has 1 aliphatic carbocycles. The van der Waals surface area contributed by atoms with Crippen LogP contribution in [-0.4, -0.2) is 24.2 Å². The molecule has 2 aromatic heterocycles. The highest BCUT2D eigenvalue weighted by atomic mass is 32.2. The van der Waals surface area contributed by atoms with Gasteiger partial charge in [-0.3, -0.25) is 0 Å². The summed E-state index contributed by atoms with van der Waals surface area (Å²) in [6.45, 7) is 0. The van der Waals surface area contributed by atoms with E-state index >= 15 is 0 Å². The van der Waals surface area contributed by atoms with E-state index in [9.17, 15) is 12.8 Å². The lowest BCUT2D eigenvalue weighted by atomic mass is 9.84. The van der Waals surface area contributed by atoms with Crippen LogP contribution >= 0.6 is 0 Å². The lowest BCUT2D eigenvalue weighted by Crippen LogP contribution is -2.10. The number of sulfone groups is 1. The number of aromatic nitrogens is 2. The molecule has 0 amide bonds. The highest BCUT2D eigenvalue weighted by molar-refractivity contribution is 7.90. The molecule has 1 aromatic carbocycles. The molecule has 0 bridgehead atoms. The first-order valence-corrected chi connectivity index (χ1v) is 10.5. The Hall–Kier alpha value is -2.47. The van der Waals surface area contributed by atoms with E-state index in [4.69, 9.17) is 0 Å². The molecular formula is C20H19FN2O2S. The lowest BCUT2D eigenvalue weighted by molar-refractivity contribution is 0.388. The molecule has 0 N–H and O–H groups in total. The number of fused-ring (bicyclic) bond motifs is 1. The Morgan fingerprint density at radius 1 is 1.23 bits per heavy atom. The summed E-state index contributed by atoms with van der Waals surface area (Å²) in [4.78, 5) is 4.54. The van der Waals surface area contributed by atoms with Gasteiger partial charge in [0, 0.05) is 17.8 Å². The van der Waals surface area contributed by atoms with Crippen LogP contribution in [0.4, 0.5) is 4.39 Å². The van der Waals surface area contributed by atoms with Crippen molar-refractivity contribution in [1.29, 1.82) is 0 Å². The zero-order valence-electron chi connectivity index (χ0n) is 14.4. The van der Waals surface area contributed by atoms with Crippen LogP contribution in [-0.2, 0) is 9.84 Å². The third-order valence-corrected chi connectivity index (χ3v) is 6.00. The van der Waals surface area contributed by atoms with Crippen LogP contribution in [0.25, 0.3) is 16.7 Å². The molecule has 4 nitrogen and oxygen atoms in total. The summed E-state index contributed by atoms with van der Waals surface area (Å²) in [6.07, 6.45) is 10.0. The zero-order chi connectivity index (χ0) is 18.3. The van der Waals surface area contributed by atoms with E-state index in [0.717, 1.165) is 29.5 Å². The van der Waals surface area contributed by atoms with Gasteiger partial charge in [0.1, 0.15) is 11.5 Å². The lowest BCUT2D eigenvalue weighted by Gasteiger charge is -2.24. The van der Waals surface area contributed by atoms with Gasteiger partial charge in [0.15, 0.2) is 9.84 Å². The maximum Gasteiger partial charge on any atom is 0.175 e. The first kappa shape index (κ1) is 17.0. The first-order chi connectivity index (χ1) is 12.4. The molecular weight excluding hydrogens is 351 g/mol. The van der Waals surface area contributed by atoms with Gasteiger partial charge in [-0.25, -0.2) is 17.8 Å². The van der Waals surface area contributed by atoms with E-state index in [2.05, 4.69) is 11.1 Å². The van der Waals surface area contributed by atoms with Crippen molar-refractivity contribution in [3.8, 4) is 0 Å². The van der Waals surface area contributed by atoms with E-state index < -0.39 is 9.84 Å². The number of halogens is 1. The second kappa shape index (κ2) is 6.36. The maximum absolute atomic E-state index is 13.5. The summed E-state index contributed by atoms with van der Waals surface area (Å²) in [5.74, 6) is 0.134. The van der Waals surface area contributed by atoms with Crippen LogP contribution in [0, 0.1) is 11.7 Å². The van der Waals surface area contributed by atoms with Gasteiger partial charge in [-0.05, 0) is 48.6 Å². The Morgan fingerprint density at radius 3 is 2.58 bits per heavy atom. The third kappa shape index (κ3) is 3.17. The van der Waals surface area contributed by atoms with Crippen molar-refractivity contribution in [2.75, 3.05) is 6.26 Å². The van der Waals surface area contributed by atoms with E-state index in [-0.39, 0.29) is 5.82 Å². The van der Waals surface area contributed by atoms with Gasteiger partial charge < -0.3 is 4.57 Å². The molecule has 3 aromatic rings. The largest absolute Gasteiger partial charge is 0.301 e. The fourth-order valence-electron chi connectivity index (χ4n) is 3.21. The Labute approximate surface area is 151 Å². The van der Waals surface area contributed by atoms with Crippen LogP contribution in [0.3, 0.4) is 0 Å². The van der Waals surface area contributed by atoms with Crippen molar-refractivity contribution >= 4 is 26.6 Å². The van der Waals surface area contributed by atoms with Gasteiger partial charge >= 0.3 is 0 Å². The first-order valence-electron chi connectivity index (χ1n) is 8.57. The van der Waals surface area contributed by atoms with Crippen molar-refractivity contribution < 1.29 is 12.8 Å². The molecule has 134 valence electrons. The molecule has 1 fully saturated rings. The molecule has 4 rings (SSSR count). The number of allylic oxidation sites excluding steroid dienone is 1. The Bertz CT molecular complexity index is 1090. The number of benzene rings is 1. The minimum atomic E-state index is -3.24. The van der Waals surface area contributed by atoms with Crippen molar-refractivity contribution in [1.82, 2.24) is 9.55 Å². The normalized spacial score (nSPS) is 16.0. The van der Waals surface area contributed by atoms with Crippen LogP contribution in [0.5, 0.6) is 0 Å². The van der Waals surface area contributed by atoms with Crippen LogP contribution < -0.4 is 0 Å². The average Bonchev–Trinajstić information content (AvgIpc) is 2.96. The molecule has 0 atom stereocenters. The maximum atomic E-state index is 13.5. The molecule has 1 aliphatic rings. The standard InChI is InChI=1S/C20H19FN2O2S/c1-26(24,25)18-7-5-15(6-8-18)19(11-14-3-2-4-14)23-10-9-16-12-17(21)13-22-20(16)23/h5-14H,2-4H2,1H3. The Kier molecular flexibility index (Phi) is 4.15. The van der Waals surface area contributed by atoms with Crippen LogP contribution in [0.2, 0.25) is 0 Å². The Morgan fingerprint density at radius 2 is 1.96 bits per heavy atom. The molecule has 1 saturated carbocycles. The SMILES string of the molecule is CS(=O)(=O)c1ccc(C(=CC2CCC2)n2ccc3cc(F)cnc32)cc1. The monoisotopic (exact) mass is 370 g/mol. The molecule has 0 radical (unpaired) electrons. The molecule has 0 aliphatic heterocycles. The number of rotatable bonds is 4. The molecule has 0 unspecified atom stereocenters. The average molecular weight is 370 g/mol. The summed E-state index contributed by atoms with van der Waals surface area (Å²) < 4.78 is 38.8. The highest BCUT2D eigenvalue weighted by Crippen LogP contribution is 2.33. The smallest absolute Gasteiger partial charge is 0.175 e. The molecule has 0 saturated heterocycles. The molecule has 26 heavy (non-hydrogen) atoms. The quantitative estimate of drug-likeness (QED) is 0.689. The number of nitrogens with zero attached hydrogens (tertiary/aromatic N) is 2. The number of pyridine rings is 1. The number of hydrogen-bond acceptors (Lipinski definition) is 3. The zero-order valence-corrected chi connectivity index (χ0v) is 15.2. The van der Waals surface area contributed by atoms with Gasteiger partial charge in [0.05, 0.1) is 16.8 Å². The van der Waals surface area contributed by atoms with Gasteiger partial charge in [-0.1, -0.05) is 24.6 Å². The summed E-state index contributed by atoms with van der Waals surface area (Å²) in [6, 6.07) is 10.2. The highest BCUT2D eigenvalue weighted by Gasteiger charge is 2.19. The van der Waals surface area contributed by atoms with E-state index in [0.29, 0.717) is 16.5 Å². The van der Waals surface area contributed by atoms with E-state index in [1.165, 1.54) is 24.9 Å². The summed E-state index contributed by atoms with van der Waals surface area (Å²) in [5, 5.41) is 0.734. The Balaban J connectivity index is 1.83. The van der Waals surface area contributed by atoms with Gasteiger partial charge in [0.25, 0.3) is 0 Å². The molecule has 2 heterocycles. The predicted octanol–water partition coefficient (Wildman–Crippen LogP) is 4.27. The summed E-state index contributed by atoms with van der Waals surface area (Å²) in [5.41, 5.74) is 2.54. The number of hydrogen-bond donors (Lipinski definition) is 0. The topological polar surface area (TPSA) is 52.0 Å². The van der Waals surface area contributed by atoms with Gasteiger partial charge in [-0.2, -0.15) is 0 Å². The van der Waals surface area contributed by atoms with Crippen molar-refractivity contribution in [2.24, 2.45) is 5.92 Å². The van der Waals surface area contributed by atoms with Crippen molar-refractivity contribution in [2.45, 2.75) is 24.2 Å². The summed E-state index contributed by atoms with van der Waals surface area (Å²) in [7, 11) is -3.24. The minimum absolute atomic E-state index is 0.293. The van der Waals surface area contributed by atoms with Crippen molar-refractivity contribution in [3.63, 3.8) is 0 Å². The predicted molar refractivity (Wildman–Crippen MR) is 100.0 cm³/mol. The molecule has 0 spiro atoms. The fraction of sp³-hybridized carbons (Fsp3) is 0.250. The second-order valence-corrected chi connectivity index (χ2v) is 8.81. The molecule has 6 heteroatoms. The van der Waals surface area contributed by atoms with Crippen molar-refractivity contribution in [3.05, 3.63) is 66.2 Å². The fourth-order valence-corrected chi connectivity index (χ4v) is 3.84.